The Bertz CT molecular complexity index is 781. The van der Waals surface area contributed by atoms with Crippen LogP contribution in [0.15, 0.2) is 23.1 Å². The molecule has 26 heavy (non-hydrogen) atoms. The van der Waals surface area contributed by atoms with E-state index < -0.39 is 14.8 Å². The van der Waals surface area contributed by atoms with Crippen LogP contribution in [0.1, 0.15) is 25.7 Å². The number of hydrogen-bond acceptors (Lipinski definition) is 7. The highest BCUT2D eigenvalue weighted by atomic mass is 32.2. The Hall–Kier alpha value is -2.20. The van der Waals surface area contributed by atoms with Crippen LogP contribution >= 0.6 is 0 Å². The van der Waals surface area contributed by atoms with Crippen LogP contribution < -0.4 is 16.4 Å². The molecule has 0 spiro atoms. The van der Waals surface area contributed by atoms with E-state index in [2.05, 4.69) is 10.6 Å². The van der Waals surface area contributed by atoms with E-state index in [1.54, 1.807) is 0 Å². The number of nitrogens with two attached hydrogens (primary N) is 1. The van der Waals surface area contributed by atoms with E-state index in [9.17, 15) is 23.3 Å². The lowest BCUT2D eigenvalue weighted by Crippen LogP contribution is -2.39. The molecule has 2 unspecified atom stereocenters. The van der Waals surface area contributed by atoms with E-state index in [0.717, 1.165) is 31.6 Å². The summed E-state index contributed by atoms with van der Waals surface area (Å²) in [6, 6.07) is 3.76. The number of carbonyl (C=O) groups is 1. The molecule has 0 radical (unpaired) electrons. The number of benzene rings is 1. The van der Waals surface area contributed by atoms with Gasteiger partial charge in [0.1, 0.15) is 5.69 Å². The third kappa shape index (κ3) is 5.40. The number of sulfone groups is 1. The van der Waals surface area contributed by atoms with Crippen LogP contribution in [0.25, 0.3) is 0 Å². The number of hydrogen-bond donors (Lipinski definition) is 3. The fraction of sp³-hybridized carbons (Fsp3) is 0.562. The van der Waals surface area contributed by atoms with E-state index in [1.807, 2.05) is 0 Å². The van der Waals surface area contributed by atoms with Gasteiger partial charge in [-0.1, -0.05) is 6.42 Å². The lowest BCUT2D eigenvalue weighted by molar-refractivity contribution is -0.384. The summed E-state index contributed by atoms with van der Waals surface area (Å²) in [7, 11) is -3.53. The van der Waals surface area contributed by atoms with Gasteiger partial charge in [-0.3, -0.25) is 14.9 Å². The van der Waals surface area contributed by atoms with Crippen molar-refractivity contribution >= 4 is 27.1 Å². The van der Waals surface area contributed by atoms with Gasteiger partial charge in [-0.05, 0) is 31.4 Å². The first-order chi connectivity index (χ1) is 12.2. The lowest BCUT2D eigenvalue weighted by atomic mass is 9.85. The maximum Gasteiger partial charge on any atom is 0.293 e. The predicted molar refractivity (Wildman–Crippen MR) is 97.6 cm³/mol. The van der Waals surface area contributed by atoms with Gasteiger partial charge in [0.25, 0.3) is 5.69 Å². The van der Waals surface area contributed by atoms with Gasteiger partial charge in [-0.15, -0.1) is 0 Å². The summed E-state index contributed by atoms with van der Waals surface area (Å²) in [6.07, 6.45) is 4.38. The number of anilines is 1. The van der Waals surface area contributed by atoms with Crippen molar-refractivity contribution in [1.82, 2.24) is 5.32 Å². The molecule has 144 valence electrons. The highest BCUT2D eigenvalue weighted by Crippen LogP contribution is 2.27. The first-order valence-corrected chi connectivity index (χ1v) is 10.3. The average Bonchev–Trinajstić information content (AvgIpc) is 2.57. The minimum Gasteiger partial charge on any atom is -0.378 e. The molecule has 1 saturated carbocycles. The van der Waals surface area contributed by atoms with Crippen molar-refractivity contribution in [3.8, 4) is 0 Å². The summed E-state index contributed by atoms with van der Waals surface area (Å²) in [5.41, 5.74) is 5.77. The van der Waals surface area contributed by atoms with Gasteiger partial charge in [-0.25, -0.2) is 8.42 Å². The third-order valence-electron chi connectivity index (χ3n) is 4.42. The van der Waals surface area contributed by atoms with Crippen LogP contribution in [0, 0.1) is 16.0 Å². The Balaban J connectivity index is 1.91. The Labute approximate surface area is 152 Å². The maximum atomic E-state index is 12.1. The molecule has 4 N–H and O–H groups in total. The van der Waals surface area contributed by atoms with Crippen molar-refractivity contribution in [1.29, 1.82) is 0 Å². The molecule has 1 aliphatic carbocycles. The van der Waals surface area contributed by atoms with Crippen LogP contribution in [-0.4, -0.2) is 44.6 Å². The van der Waals surface area contributed by atoms with Gasteiger partial charge >= 0.3 is 0 Å². The molecule has 1 aliphatic rings. The number of carbonyl (C=O) groups excluding carboxylic acids is 1. The molecule has 0 bridgehead atoms. The highest BCUT2D eigenvalue weighted by Gasteiger charge is 2.25. The number of nitro groups is 1. The third-order valence-corrected chi connectivity index (χ3v) is 5.53. The largest absolute Gasteiger partial charge is 0.378 e. The zero-order valence-corrected chi connectivity index (χ0v) is 15.4. The summed E-state index contributed by atoms with van der Waals surface area (Å²) in [5.74, 6) is -0.133. The van der Waals surface area contributed by atoms with E-state index >= 15 is 0 Å². The standard InChI is InChI=1S/C16H24N4O5S/c1-26(24,25)13-5-6-14(15(10-13)20(22)23)18-7-8-19-16(21)11-3-2-4-12(17)9-11/h5-6,10-12,18H,2-4,7-9,17H2,1H3,(H,19,21). The second-order valence-electron chi connectivity index (χ2n) is 6.55. The number of amides is 1. The molecule has 1 aromatic rings. The Morgan fingerprint density at radius 1 is 1.35 bits per heavy atom. The van der Waals surface area contributed by atoms with Gasteiger partial charge < -0.3 is 16.4 Å². The topological polar surface area (TPSA) is 144 Å². The molecular formula is C16H24N4O5S. The molecule has 1 fully saturated rings. The first kappa shape index (κ1) is 20.1. The maximum absolute atomic E-state index is 12.1. The van der Waals surface area contributed by atoms with Crippen molar-refractivity contribution < 1.29 is 18.1 Å². The van der Waals surface area contributed by atoms with Crippen LogP contribution in [0.2, 0.25) is 0 Å². The molecule has 0 aromatic heterocycles. The normalized spacial score (nSPS) is 20.4. The summed E-state index contributed by atoms with van der Waals surface area (Å²) < 4.78 is 23.1. The van der Waals surface area contributed by atoms with Crippen molar-refractivity contribution in [2.45, 2.75) is 36.6 Å². The smallest absolute Gasteiger partial charge is 0.293 e. The van der Waals surface area contributed by atoms with E-state index in [1.165, 1.54) is 12.1 Å². The summed E-state index contributed by atoms with van der Waals surface area (Å²) >= 11 is 0. The molecule has 0 saturated heterocycles. The van der Waals surface area contributed by atoms with Crippen LogP contribution in [0.4, 0.5) is 11.4 Å². The zero-order chi connectivity index (χ0) is 19.3. The molecule has 2 rings (SSSR count). The lowest BCUT2D eigenvalue weighted by Gasteiger charge is -2.25. The van der Waals surface area contributed by atoms with Crippen molar-refractivity contribution in [3.63, 3.8) is 0 Å². The highest BCUT2D eigenvalue weighted by molar-refractivity contribution is 7.90. The van der Waals surface area contributed by atoms with Crippen molar-refractivity contribution in [2.75, 3.05) is 24.7 Å². The SMILES string of the molecule is CS(=O)(=O)c1ccc(NCCNC(=O)C2CCCC(N)C2)c([N+](=O)[O-])c1. The van der Waals surface area contributed by atoms with E-state index in [-0.39, 0.29) is 40.7 Å². The van der Waals surface area contributed by atoms with Crippen molar-refractivity contribution in [2.24, 2.45) is 11.7 Å². The molecule has 0 heterocycles. The minimum absolute atomic E-state index is 0.0520. The second kappa shape index (κ2) is 8.45. The van der Waals surface area contributed by atoms with E-state index in [0.29, 0.717) is 13.0 Å². The fourth-order valence-corrected chi connectivity index (χ4v) is 3.68. The summed E-state index contributed by atoms with van der Waals surface area (Å²) in [4.78, 5) is 22.5. The Morgan fingerprint density at radius 3 is 2.69 bits per heavy atom. The van der Waals surface area contributed by atoms with Crippen LogP contribution in [0.3, 0.4) is 0 Å². The second-order valence-corrected chi connectivity index (χ2v) is 8.57. The number of nitro benzene ring substituents is 1. The predicted octanol–water partition coefficient (Wildman–Crippen LogP) is 1.04. The zero-order valence-electron chi connectivity index (χ0n) is 14.6. The van der Waals surface area contributed by atoms with E-state index in [4.69, 9.17) is 5.73 Å². The first-order valence-electron chi connectivity index (χ1n) is 8.44. The molecule has 9 nitrogen and oxygen atoms in total. The van der Waals surface area contributed by atoms with Crippen LogP contribution in [0.5, 0.6) is 0 Å². The fourth-order valence-electron chi connectivity index (χ4n) is 3.04. The van der Waals surface area contributed by atoms with Gasteiger partial charge in [-0.2, -0.15) is 0 Å². The molecular weight excluding hydrogens is 360 g/mol. The summed E-state index contributed by atoms with van der Waals surface area (Å²) in [6.45, 7) is 0.582. The minimum atomic E-state index is -3.53. The number of rotatable bonds is 7. The molecule has 2 atom stereocenters. The van der Waals surface area contributed by atoms with Gasteiger partial charge in [0.2, 0.25) is 5.91 Å². The average molecular weight is 384 g/mol. The van der Waals surface area contributed by atoms with Crippen LogP contribution in [-0.2, 0) is 14.6 Å². The molecule has 1 amide bonds. The Kier molecular flexibility index (Phi) is 6.54. The summed E-state index contributed by atoms with van der Waals surface area (Å²) in [5, 5.41) is 16.8. The van der Waals surface area contributed by atoms with Gasteiger partial charge in [0.15, 0.2) is 9.84 Å². The van der Waals surface area contributed by atoms with Gasteiger partial charge in [0.05, 0.1) is 9.82 Å². The number of nitrogens with one attached hydrogen (secondary N) is 2. The number of nitrogens with zero attached hydrogens (tertiary/aromatic N) is 1. The molecule has 10 heteroatoms. The monoisotopic (exact) mass is 384 g/mol. The van der Waals surface area contributed by atoms with Gasteiger partial charge in [0, 0.05) is 37.4 Å². The quantitative estimate of drug-likeness (QED) is 0.362. The molecule has 1 aromatic carbocycles. The van der Waals surface area contributed by atoms with Crippen molar-refractivity contribution in [3.05, 3.63) is 28.3 Å². The molecule has 0 aliphatic heterocycles. The Morgan fingerprint density at radius 2 is 2.08 bits per heavy atom.